The Balaban J connectivity index is 2.15. The maximum Gasteiger partial charge on any atom is 0.146 e. The van der Waals surface area contributed by atoms with E-state index in [1.165, 1.54) is 0 Å². The van der Waals surface area contributed by atoms with Gasteiger partial charge >= 0.3 is 0 Å². The number of nitrogens with zero attached hydrogens (tertiary/aromatic N) is 4. The Labute approximate surface area is 91.5 Å². The predicted octanol–water partition coefficient (Wildman–Crippen LogP) is 0.245. The first kappa shape index (κ1) is 12.1. The highest BCUT2D eigenvalue weighted by molar-refractivity contribution is 4.82. The number of aromatic nitrogens is 3. The Morgan fingerprint density at radius 2 is 2.27 bits per heavy atom. The molecule has 0 atom stereocenters. The Kier molecular flexibility index (Phi) is 4.71. The quantitative estimate of drug-likeness (QED) is 0.685. The van der Waals surface area contributed by atoms with E-state index in [0.29, 0.717) is 6.04 Å². The van der Waals surface area contributed by atoms with Crippen molar-refractivity contribution in [2.24, 2.45) is 7.05 Å². The van der Waals surface area contributed by atoms with Gasteiger partial charge in [-0.05, 0) is 20.9 Å². The molecule has 5 nitrogen and oxygen atoms in total. The average Bonchev–Trinajstić information content (AvgIpc) is 2.58. The summed E-state index contributed by atoms with van der Waals surface area (Å²) in [6, 6.07) is 0.599. The van der Waals surface area contributed by atoms with E-state index in [-0.39, 0.29) is 0 Å². The molecule has 86 valence electrons. The van der Waals surface area contributed by atoms with Crippen LogP contribution in [0.5, 0.6) is 0 Å². The molecule has 0 bridgehead atoms. The minimum atomic E-state index is 0.599. The Morgan fingerprint density at radius 3 is 2.80 bits per heavy atom. The fourth-order valence-electron chi connectivity index (χ4n) is 1.18. The molecule has 0 saturated carbocycles. The molecule has 1 N–H and O–H groups in total. The predicted molar refractivity (Wildman–Crippen MR) is 60.5 cm³/mol. The fraction of sp³-hybridized carbons (Fsp3) is 0.800. The van der Waals surface area contributed by atoms with Gasteiger partial charge in [0.1, 0.15) is 12.2 Å². The minimum absolute atomic E-state index is 0.599. The molecule has 5 heteroatoms. The number of likely N-dealkylation sites (N-methyl/N-ethyl adjacent to an activating group) is 1. The van der Waals surface area contributed by atoms with Crippen LogP contribution in [0.3, 0.4) is 0 Å². The molecule has 1 rings (SSSR count). The monoisotopic (exact) mass is 211 g/mol. The van der Waals surface area contributed by atoms with Crippen molar-refractivity contribution >= 4 is 0 Å². The third kappa shape index (κ3) is 3.97. The highest BCUT2D eigenvalue weighted by Gasteiger charge is 2.03. The molecular formula is C10H21N5. The van der Waals surface area contributed by atoms with Crippen LogP contribution in [0.1, 0.15) is 19.7 Å². The van der Waals surface area contributed by atoms with Crippen LogP contribution in [0.2, 0.25) is 0 Å². The van der Waals surface area contributed by atoms with Gasteiger partial charge in [-0.25, -0.2) is 0 Å². The summed E-state index contributed by atoms with van der Waals surface area (Å²) < 4.78 is 1.93. The first-order chi connectivity index (χ1) is 7.11. The lowest BCUT2D eigenvalue weighted by Crippen LogP contribution is -2.33. The van der Waals surface area contributed by atoms with Gasteiger partial charge in [0.05, 0.1) is 6.54 Å². The summed E-state index contributed by atoms with van der Waals surface area (Å²) in [5.74, 6) is 0.974. The Morgan fingerprint density at radius 1 is 1.53 bits per heavy atom. The Bertz CT molecular complexity index is 281. The number of hydrogen-bond donors (Lipinski definition) is 1. The average molecular weight is 211 g/mol. The van der Waals surface area contributed by atoms with E-state index in [1.807, 2.05) is 11.6 Å². The van der Waals surface area contributed by atoms with Crippen LogP contribution in [0.15, 0.2) is 6.33 Å². The summed E-state index contributed by atoms with van der Waals surface area (Å²) in [5.41, 5.74) is 0. The van der Waals surface area contributed by atoms with Crippen molar-refractivity contribution in [2.75, 3.05) is 20.1 Å². The third-order valence-corrected chi connectivity index (χ3v) is 2.61. The maximum atomic E-state index is 4.00. The van der Waals surface area contributed by atoms with Crippen LogP contribution in [-0.2, 0) is 13.6 Å². The van der Waals surface area contributed by atoms with Crippen molar-refractivity contribution in [1.82, 2.24) is 25.0 Å². The molecule has 0 aliphatic carbocycles. The number of aryl methyl sites for hydroxylation is 1. The second-order valence-corrected chi connectivity index (χ2v) is 4.11. The molecule has 0 aliphatic rings. The first-order valence-electron chi connectivity index (χ1n) is 5.35. The number of nitrogens with one attached hydrogen (secondary N) is 1. The number of rotatable bonds is 6. The molecule has 0 radical (unpaired) electrons. The normalized spacial score (nSPS) is 11.6. The van der Waals surface area contributed by atoms with E-state index in [0.717, 1.165) is 25.5 Å². The van der Waals surface area contributed by atoms with Crippen molar-refractivity contribution in [3.8, 4) is 0 Å². The zero-order valence-electron chi connectivity index (χ0n) is 10.1. The van der Waals surface area contributed by atoms with E-state index in [9.17, 15) is 0 Å². The molecule has 1 heterocycles. The van der Waals surface area contributed by atoms with Crippen LogP contribution in [0.4, 0.5) is 0 Å². The van der Waals surface area contributed by atoms with Crippen LogP contribution in [0.25, 0.3) is 0 Å². The van der Waals surface area contributed by atoms with Gasteiger partial charge in [-0.2, -0.15) is 0 Å². The molecule has 0 saturated heterocycles. The molecule has 15 heavy (non-hydrogen) atoms. The van der Waals surface area contributed by atoms with Gasteiger partial charge in [-0.3, -0.25) is 0 Å². The summed E-state index contributed by atoms with van der Waals surface area (Å²) in [7, 11) is 4.09. The zero-order chi connectivity index (χ0) is 11.3. The van der Waals surface area contributed by atoms with E-state index in [4.69, 9.17) is 0 Å². The van der Waals surface area contributed by atoms with Crippen LogP contribution in [0, 0.1) is 0 Å². The van der Waals surface area contributed by atoms with Crippen molar-refractivity contribution in [3.05, 3.63) is 12.2 Å². The van der Waals surface area contributed by atoms with Crippen LogP contribution < -0.4 is 5.32 Å². The second-order valence-electron chi connectivity index (χ2n) is 4.11. The molecular weight excluding hydrogens is 190 g/mol. The summed E-state index contributed by atoms with van der Waals surface area (Å²) in [5, 5.41) is 11.2. The molecule has 1 aromatic heterocycles. The molecule has 0 aromatic carbocycles. The van der Waals surface area contributed by atoms with Crippen molar-refractivity contribution in [1.29, 1.82) is 0 Å². The highest BCUT2D eigenvalue weighted by atomic mass is 15.3. The lowest BCUT2D eigenvalue weighted by Gasteiger charge is -2.20. The number of hydrogen-bond acceptors (Lipinski definition) is 4. The van der Waals surface area contributed by atoms with Gasteiger partial charge in [-0.15, -0.1) is 10.2 Å². The zero-order valence-corrected chi connectivity index (χ0v) is 10.1. The molecule has 0 amide bonds. The van der Waals surface area contributed by atoms with Gasteiger partial charge in [0, 0.05) is 26.2 Å². The van der Waals surface area contributed by atoms with E-state index < -0.39 is 0 Å². The van der Waals surface area contributed by atoms with Crippen molar-refractivity contribution in [3.63, 3.8) is 0 Å². The largest absolute Gasteiger partial charge is 0.320 e. The first-order valence-corrected chi connectivity index (χ1v) is 5.35. The molecule has 0 fully saturated rings. The topological polar surface area (TPSA) is 46.0 Å². The third-order valence-electron chi connectivity index (χ3n) is 2.61. The minimum Gasteiger partial charge on any atom is -0.320 e. The lowest BCUT2D eigenvalue weighted by molar-refractivity contribution is 0.273. The summed E-state index contributed by atoms with van der Waals surface area (Å²) in [6.45, 7) is 7.20. The van der Waals surface area contributed by atoms with E-state index in [1.54, 1.807) is 6.33 Å². The molecule has 0 aliphatic heterocycles. The molecule has 0 unspecified atom stereocenters. The summed E-state index contributed by atoms with van der Waals surface area (Å²) in [6.07, 6.45) is 1.72. The standard InChI is InChI=1S/C10H21N5/c1-9(2)14(3)6-5-11-7-10-13-12-8-15(10)4/h8-9,11H,5-7H2,1-4H3. The van der Waals surface area contributed by atoms with Crippen molar-refractivity contribution < 1.29 is 0 Å². The van der Waals surface area contributed by atoms with Gasteiger partial charge in [0.2, 0.25) is 0 Å². The van der Waals surface area contributed by atoms with E-state index >= 15 is 0 Å². The van der Waals surface area contributed by atoms with Crippen molar-refractivity contribution in [2.45, 2.75) is 26.4 Å². The Hall–Kier alpha value is -0.940. The summed E-state index contributed by atoms with van der Waals surface area (Å²) in [4.78, 5) is 2.31. The molecule has 0 spiro atoms. The smallest absolute Gasteiger partial charge is 0.146 e. The highest BCUT2D eigenvalue weighted by Crippen LogP contribution is 1.92. The lowest BCUT2D eigenvalue weighted by atomic mass is 10.3. The van der Waals surface area contributed by atoms with Gasteiger partial charge in [0.25, 0.3) is 0 Å². The molecule has 1 aromatic rings. The van der Waals surface area contributed by atoms with E-state index in [2.05, 4.69) is 41.3 Å². The van der Waals surface area contributed by atoms with Gasteiger partial charge in [0.15, 0.2) is 0 Å². The van der Waals surface area contributed by atoms with Crippen LogP contribution in [-0.4, -0.2) is 45.8 Å². The summed E-state index contributed by atoms with van der Waals surface area (Å²) >= 11 is 0. The fourth-order valence-corrected chi connectivity index (χ4v) is 1.18. The van der Waals surface area contributed by atoms with Gasteiger partial charge < -0.3 is 14.8 Å². The van der Waals surface area contributed by atoms with Crippen LogP contribution >= 0.6 is 0 Å². The van der Waals surface area contributed by atoms with Gasteiger partial charge in [-0.1, -0.05) is 0 Å². The SMILES string of the molecule is CC(C)N(C)CCNCc1nncn1C. The second kappa shape index (κ2) is 5.82. The maximum absolute atomic E-state index is 4.00.